The van der Waals surface area contributed by atoms with Gasteiger partial charge in [0.25, 0.3) is 0 Å². The van der Waals surface area contributed by atoms with Crippen LogP contribution in [0.2, 0.25) is 0 Å². The van der Waals surface area contributed by atoms with E-state index in [9.17, 15) is 0 Å². The zero-order valence-corrected chi connectivity index (χ0v) is 42.0. The van der Waals surface area contributed by atoms with Gasteiger partial charge in [-0.05, 0) is 113 Å². The minimum Gasteiger partial charge on any atom is -0.330 e. The summed E-state index contributed by atoms with van der Waals surface area (Å²) in [5.74, 6) is 4.49. The van der Waals surface area contributed by atoms with E-state index in [4.69, 9.17) is 51.6 Å². The summed E-state index contributed by atoms with van der Waals surface area (Å²) in [4.78, 5) is 0. The number of rotatable bonds is 27. The Hall–Kier alpha value is -0.360. The van der Waals surface area contributed by atoms with Crippen LogP contribution in [0.4, 0.5) is 0 Å². The molecule has 0 fully saturated rings. The van der Waals surface area contributed by atoms with E-state index in [1.54, 1.807) is 0 Å². The van der Waals surface area contributed by atoms with Crippen LogP contribution in [0.15, 0.2) is 0 Å². The van der Waals surface area contributed by atoms with Crippen molar-refractivity contribution in [2.24, 2.45) is 87.1 Å². The van der Waals surface area contributed by atoms with Crippen LogP contribution in [0.5, 0.6) is 0 Å². The molecule has 0 aromatic carbocycles. The molecule has 0 amide bonds. The average Bonchev–Trinajstić information content (AvgIpc) is 3.09. The third kappa shape index (κ3) is 80.3. The largest absolute Gasteiger partial charge is 0.330 e. The Bertz CT molecular complexity index is 669. The molecule has 9 heteroatoms. The Balaban J connectivity index is -0.000000137. The fraction of sp³-hybridized carbons (Fsp3) is 1.00. The molecule has 18 N–H and O–H groups in total. The number of unbranched alkanes of at least 4 members (excludes halogenated alkanes) is 2. The summed E-state index contributed by atoms with van der Waals surface area (Å²) < 4.78 is 0. The number of hydrogen-bond donors (Lipinski definition) is 9. The highest BCUT2D eigenvalue weighted by Gasteiger charge is 2.06. The molecule has 0 aromatic rings. The Morgan fingerprint density at radius 1 is 0.281 bits per heavy atom. The quantitative estimate of drug-likeness (QED) is 0.0383. The van der Waals surface area contributed by atoms with E-state index in [0.717, 1.165) is 49.4 Å². The number of nitrogens with two attached hydrogens (primary N) is 9. The smallest absolute Gasteiger partial charge is 0.0165 e. The monoisotopic (exact) mass is 820 g/mol. The topological polar surface area (TPSA) is 234 Å². The van der Waals surface area contributed by atoms with Crippen molar-refractivity contribution >= 4 is 0 Å². The number of hydrogen-bond acceptors (Lipinski definition) is 9. The van der Waals surface area contributed by atoms with Crippen molar-refractivity contribution < 1.29 is 0 Å². The lowest BCUT2D eigenvalue weighted by molar-refractivity contribution is 0.461. The lowest BCUT2D eigenvalue weighted by atomic mass is 10.0. The first-order chi connectivity index (χ1) is 26.5. The van der Waals surface area contributed by atoms with Gasteiger partial charge in [0.15, 0.2) is 0 Å². The van der Waals surface area contributed by atoms with Crippen LogP contribution in [-0.4, -0.2) is 55.9 Å². The molecule has 0 aliphatic heterocycles. The van der Waals surface area contributed by atoms with Gasteiger partial charge in [0.2, 0.25) is 0 Å². The zero-order chi connectivity index (χ0) is 45.8. The summed E-state index contributed by atoms with van der Waals surface area (Å²) in [6, 6.07) is 2.08. The van der Waals surface area contributed by atoms with Gasteiger partial charge in [0.1, 0.15) is 0 Å². The van der Waals surface area contributed by atoms with Gasteiger partial charge >= 0.3 is 0 Å². The van der Waals surface area contributed by atoms with Gasteiger partial charge in [-0.15, -0.1) is 0 Å². The Morgan fingerprint density at radius 2 is 0.614 bits per heavy atom. The molecule has 0 rings (SSSR count). The van der Waals surface area contributed by atoms with Crippen LogP contribution in [0.25, 0.3) is 0 Å². The lowest BCUT2D eigenvalue weighted by Crippen LogP contribution is -2.30. The maximum absolute atomic E-state index is 5.86. The van der Waals surface area contributed by atoms with Gasteiger partial charge in [-0.25, -0.2) is 0 Å². The van der Waals surface area contributed by atoms with Crippen molar-refractivity contribution in [2.75, 3.05) is 19.6 Å². The predicted molar refractivity (Wildman–Crippen MR) is 264 cm³/mol. The van der Waals surface area contributed by atoms with E-state index in [1.165, 1.54) is 89.9 Å². The highest BCUT2D eigenvalue weighted by Crippen LogP contribution is 2.10. The normalized spacial score (nSPS) is 14.2. The summed E-state index contributed by atoms with van der Waals surface area (Å²) in [5, 5.41) is 0. The van der Waals surface area contributed by atoms with Crippen molar-refractivity contribution in [3.05, 3.63) is 0 Å². The van der Waals surface area contributed by atoms with Gasteiger partial charge in [0, 0.05) is 49.3 Å². The van der Waals surface area contributed by atoms with E-state index < -0.39 is 0 Å². The molecular weight excluding hydrogens is 703 g/mol. The van der Waals surface area contributed by atoms with Crippen LogP contribution in [0, 0.1) is 35.5 Å². The molecule has 0 saturated heterocycles. The van der Waals surface area contributed by atoms with E-state index in [-0.39, 0.29) is 12.1 Å². The molecule has 0 heterocycles. The molecule has 6 atom stereocenters. The summed E-state index contributed by atoms with van der Waals surface area (Å²) >= 11 is 0. The first kappa shape index (κ1) is 68.4. The fourth-order valence-corrected chi connectivity index (χ4v) is 5.99. The molecular formula is C48H117N9. The lowest BCUT2D eigenvalue weighted by Gasteiger charge is -2.12. The van der Waals surface area contributed by atoms with Crippen molar-refractivity contribution in [1.29, 1.82) is 0 Å². The summed E-state index contributed by atoms with van der Waals surface area (Å²) in [7, 11) is 0. The van der Waals surface area contributed by atoms with Crippen LogP contribution in [0.3, 0.4) is 0 Å². The van der Waals surface area contributed by atoms with Crippen LogP contribution >= 0.6 is 0 Å². The molecule has 0 bridgehead atoms. The van der Waals surface area contributed by atoms with Gasteiger partial charge in [-0.2, -0.15) is 0 Å². The Kier molecular flexibility index (Phi) is 62.1. The van der Waals surface area contributed by atoms with E-state index in [2.05, 4.69) is 104 Å². The third-order valence-electron chi connectivity index (χ3n) is 9.23. The molecule has 0 unspecified atom stereocenters. The summed E-state index contributed by atoms with van der Waals surface area (Å²) in [6.07, 6.45) is 21.4. The minimum atomic E-state index is 0.204. The second-order valence-corrected chi connectivity index (χ2v) is 19.5. The highest BCUT2D eigenvalue weighted by molar-refractivity contribution is 4.66. The molecule has 0 saturated carbocycles. The molecule has 57 heavy (non-hydrogen) atoms. The van der Waals surface area contributed by atoms with Gasteiger partial charge in [0.05, 0.1) is 0 Å². The summed E-state index contributed by atoms with van der Waals surface area (Å²) in [5.41, 5.74) is 50.4. The first-order valence-corrected chi connectivity index (χ1v) is 24.1. The van der Waals surface area contributed by atoms with Crippen LogP contribution in [0.1, 0.15) is 219 Å². The van der Waals surface area contributed by atoms with Gasteiger partial charge in [-0.1, -0.05) is 149 Å². The fourth-order valence-electron chi connectivity index (χ4n) is 5.99. The van der Waals surface area contributed by atoms with Crippen LogP contribution in [-0.2, 0) is 0 Å². The molecule has 0 spiro atoms. The SMILES string of the molecule is CC(C)CCC[C@H](N)CN.CC(C)C[C@@H](N)CCN.CC(C)C[C@@H](N)CN.CCCC[C@@H](N)CC(C)C.CCCC[C@H](N)CC(C)C.CCC[C@@H](N)CCC(C)C. The average molecular weight is 821 g/mol. The molecule has 0 aliphatic rings. The van der Waals surface area contributed by atoms with E-state index in [1.807, 2.05) is 0 Å². The molecule has 354 valence electrons. The van der Waals surface area contributed by atoms with E-state index >= 15 is 0 Å². The second-order valence-electron chi connectivity index (χ2n) is 19.5. The molecule has 0 radical (unpaired) electrons. The van der Waals surface area contributed by atoms with Gasteiger partial charge < -0.3 is 51.6 Å². The second kappa shape index (κ2) is 51.8. The minimum absolute atomic E-state index is 0.204. The maximum atomic E-state index is 5.86. The first-order valence-electron chi connectivity index (χ1n) is 24.1. The summed E-state index contributed by atoms with van der Waals surface area (Å²) in [6.45, 7) is 35.1. The molecule has 0 aromatic heterocycles. The zero-order valence-electron chi connectivity index (χ0n) is 42.0. The van der Waals surface area contributed by atoms with Crippen LogP contribution < -0.4 is 51.6 Å². The van der Waals surface area contributed by atoms with Crippen molar-refractivity contribution in [2.45, 2.75) is 256 Å². The maximum Gasteiger partial charge on any atom is 0.0165 e. The molecule has 0 aliphatic carbocycles. The molecule has 9 nitrogen and oxygen atoms in total. The highest BCUT2D eigenvalue weighted by atomic mass is 14.7. The Morgan fingerprint density at radius 3 is 0.877 bits per heavy atom. The third-order valence-corrected chi connectivity index (χ3v) is 9.23. The van der Waals surface area contributed by atoms with Crippen molar-refractivity contribution in [1.82, 2.24) is 0 Å². The van der Waals surface area contributed by atoms with Crippen molar-refractivity contribution in [3.63, 3.8) is 0 Å². The Labute approximate surface area is 361 Å². The van der Waals surface area contributed by atoms with Gasteiger partial charge in [-0.3, -0.25) is 0 Å². The standard InChI is InChI=1S/3C9H21N.C8H20N2.C7H18N2.C6H16N2/c1-4-5-9(10)7-6-8(2)3;2*1-4-5-6-9(10)7-8(2)3;1-7(2)4-3-5-8(10)6-9;1-6(2)5-7(9)3-4-8;1-5(2)3-6(8)4-7/h3*8-9H,4-7,10H2,1-3H3;7-8H,3-6,9-10H2,1-2H3;6-7H,3-5,8-9H2,1-2H3;5-6H,3-4,7-8H2,1-2H3/t3*9-;8-;7-;6-/m110001/s1. The van der Waals surface area contributed by atoms with E-state index in [0.29, 0.717) is 55.6 Å². The van der Waals surface area contributed by atoms with Crippen molar-refractivity contribution in [3.8, 4) is 0 Å². The predicted octanol–water partition coefficient (Wildman–Crippen LogP) is 9.78.